The van der Waals surface area contributed by atoms with E-state index in [0.29, 0.717) is 11.0 Å². The molecule has 1 heterocycles. The standard InChI is InChI=1S/C12H12BrF3N2O/c13-7-1-2-9(10(5-7)12(14,15)16)11(19)18-8-3-4-17-6-8/h1-2,5,8,17H,3-4,6H2,(H,18,19)/t8-/m0/s1. The smallest absolute Gasteiger partial charge is 0.348 e. The molecule has 2 N–H and O–H groups in total. The molecule has 1 aliphatic rings. The minimum Gasteiger partial charge on any atom is -0.348 e. The molecular weight excluding hydrogens is 325 g/mol. The zero-order valence-corrected chi connectivity index (χ0v) is 11.4. The molecule has 2 rings (SSSR count). The first-order valence-corrected chi connectivity index (χ1v) is 6.55. The maximum Gasteiger partial charge on any atom is 0.417 e. The van der Waals surface area contributed by atoms with Gasteiger partial charge in [-0.2, -0.15) is 13.2 Å². The lowest BCUT2D eigenvalue weighted by molar-refractivity contribution is -0.138. The van der Waals surface area contributed by atoms with Crippen molar-refractivity contribution in [1.82, 2.24) is 10.6 Å². The third-order valence-electron chi connectivity index (χ3n) is 2.93. The van der Waals surface area contributed by atoms with Crippen molar-refractivity contribution in [3.63, 3.8) is 0 Å². The lowest BCUT2D eigenvalue weighted by atomic mass is 10.1. The fourth-order valence-corrected chi connectivity index (χ4v) is 2.35. The molecule has 0 bridgehead atoms. The average molecular weight is 337 g/mol. The highest BCUT2D eigenvalue weighted by molar-refractivity contribution is 9.10. The van der Waals surface area contributed by atoms with Crippen molar-refractivity contribution in [2.75, 3.05) is 13.1 Å². The Morgan fingerprint density at radius 2 is 2.16 bits per heavy atom. The maximum atomic E-state index is 12.9. The van der Waals surface area contributed by atoms with Crippen LogP contribution in [0, 0.1) is 0 Å². The summed E-state index contributed by atoms with van der Waals surface area (Å²) in [4.78, 5) is 11.9. The summed E-state index contributed by atoms with van der Waals surface area (Å²) in [6.07, 6.45) is -3.83. The summed E-state index contributed by atoms with van der Waals surface area (Å²) in [5.41, 5.74) is -1.27. The Hall–Kier alpha value is -1.08. The van der Waals surface area contributed by atoms with E-state index in [-0.39, 0.29) is 11.6 Å². The molecule has 1 fully saturated rings. The zero-order valence-electron chi connectivity index (χ0n) is 9.85. The predicted molar refractivity (Wildman–Crippen MR) is 67.9 cm³/mol. The first-order chi connectivity index (χ1) is 8.88. The number of nitrogens with one attached hydrogen (secondary N) is 2. The van der Waals surface area contributed by atoms with E-state index in [4.69, 9.17) is 0 Å². The van der Waals surface area contributed by atoms with E-state index in [1.165, 1.54) is 12.1 Å². The highest BCUT2D eigenvalue weighted by atomic mass is 79.9. The Labute approximate surface area is 116 Å². The molecule has 0 radical (unpaired) electrons. The quantitative estimate of drug-likeness (QED) is 0.871. The van der Waals surface area contributed by atoms with Gasteiger partial charge < -0.3 is 10.6 Å². The van der Waals surface area contributed by atoms with Crippen molar-refractivity contribution in [2.24, 2.45) is 0 Å². The third-order valence-corrected chi connectivity index (χ3v) is 3.42. The topological polar surface area (TPSA) is 41.1 Å². The van der Waals surface area contributed by atoms with Gasteiger partial charge in [0.15, 0.2) is 0 Å². The highest BCUT2D eigenvalue weighted by Gasteiger charge is 2.35. The summed E-state index contributed by atoms with van der Waals surface area (Å²) in [5.74, 6) is -0.687. The van der Waals surface area contributed by atoms with Crippen LogP contribution in [0.2, 0.25) is 0 Å². The molecule has 3 nitrogen and oxygen atoms in total. The van der Waals surface area contributed by atoms with Crippen molar-refractivity contribution in [3.05, 3.63) is 33.8 Å². The summed E-state index contributed by atoms with van der Waals surface area (Å²) < 4.78 is 39.0. The van der Waals surface area contributed by atoms with Crippen molar-refractivity contribution in [2.45, 2.75) is 18.6 Å². The van der Waals surface area contributed by atoms with Gasteiger partial charge in [-0.05, 0) is 31.2 Å². The van der Waals surface area contributed by atoms with Crippen LogP contribution in [-0.4, -0.2) is 25.0 Å². The summed E-state index contributed by atoms with van der Waals surface area (Å²) in [7, 11) is 0. The Bertz CT molecular complexity index is 484. The normalized spacial score (nSPS) is 19.5. The predicted octanol–water partition coefficient (Wildman–Crippen LogP) is 2.56. The number of halogens is 4. The minimum absolute atomic E-state index is 0.114. The lowest BCUT2D eigenvalue weighted by Crippen LogP contribution is -2.37. The SMILES string of the molecule is O=C(N[C@H]1CCNC1)c1ccc(Br)cc1C(F)(F)F. The number of benzene rings is 1. The summed E-state index contributed by atoms with van der Waals surface area (Å²) in [6, 6.07) is 3.42. The molecule has 1 atom stereocenters. The summed E-state index contributed by atoms with van der Waals surface area (Å²) in [6.45, 7) is 1.35. The van der Waals surface area contributed by atoms with Gasteiger partial charge >= 0.3 is 6.18 Å². The second kappa shape index (κ2) is 5.50. The van der Waals surface area contributed by atoms with Crippen molar-refractivity contribution < 1.29 is 18.0 Å². The molecule has 7 heteroatoms. The van der Waals surface area contributed by atoms with Crippen molar-refractivity contribution in [3.8, 4) is 0 Å². The molecule has 0 aliphatic carbocycles. The first-order valence-electron chi connectivity index (χ1n) is 5.76. The molecule has 1 saturated heterocycles. The summed E-state index contributed by atoms with van der Waals surface area (Å²) >= 11 is 2.98. The first kappa shape index (κ1) is 14.3. The lowest BCUT2D eigenvalue weighted by Gasteiger charge is -2.16. The van der Waals surface area contributed by atoms with E-state index in [2.05, 4.69) is 26.6 Å². The number of carbonyl (C=O) groups excluding carboxylic acids is 1. The second-order valence-corrected chi connectivity index (χ2v) is 5.27. The number of rotatable bonds is 2. The van der Waals surface area contributed by atoms with Crippen LogP contribution in [0.25, 0.3) is 0 Å². The van der Waals surface area contributed by atoms with E-state index in [0.717, 1.165) is 19.0 Å². The van der Waals surface area contributed by atoms with E-state index in [1.54, 1.807) is 0 Å². The molecule has 1 aromatic carbocycles. The van der Waals surface area contributed by atoms with Gasteiger partial charge in [0.25, 0.3) is 5.91 Å². The molecule has 0 saturated carbocycles. The van der Waals surface area contributed by atoms with Crippen LogP contribution in [-0.2, 0) is 6.18 Å². The van der Waals surface area contributed by atoms with Gasteiger partial charge in [0.1, 0.15) is 0 Å². The third kappa shape index (κ3) is 3.48. The number of carbonyl (C=O) groups is 1. The molecule has 104 valence electrons. The van der Waals surface area contributed by atoms with Crippen LogP contribution in [0.15, 0.2) is 22.7 Å². The Balaban J connectivity index is 2.25. The minimum atomic E-state index is -4.55. The number of amides is 1. The van der Waals surface area contributed by atoms with E-state index in [9.17, 15) is 18.0 Å². The highest BCUT2D eigenvalue weighted by Crippen LogP contribution is 2.33. The van der Waals surface area contributed by atoms with Gasteiger partial charge in [-0.15, -0.1) is 0 Å². The molecule has 0 aromatic heterocycles. The fraction of sp³-hybridized carbons (Fsp3) is 0.417. The van der Waals surface area contributed by atoms with Gasteiger partial charge in [0.2, 0.25) is 0 Å². The molecule has 0 spiro atoms. The van der Waals surface area contributed by atoms with Gasteiger partial charge in [-0.1, -0.05) is 15.9 Å². The van der Waals surface area contributed by atoms with Gasteiger partial charge in [-0.25, -0.2) is 0 Å². The Morgan fingerprint density at radius 3 is 2.74 bits per heavy atom. The average Bonchev–Trinajstić information content (AvgIpc) is 2.80. The number of hydrogen-bond acceptors (Lipinski definition) is 2. The molecule has 1 aromatic rings. The van der Waals surface area contributed by atoms with Crippen molar-refractivity contribution in [1.29, 1.82) is 0 Å². The van der Waals surface area contributed by atoms with Crippen LogP contribution >= 0.6 is 15.9 Å². The van der Waals surface area contributed by atoms with Crippen LogP contribution < -0.4 is 10.6 Å². The monoisotopic (exact) mass is 336 g/mol. The largest absolute Gasteiger partial charge is 0.417 e. The fourth-order valence-electron chi connectivity index (χ4n) is 1.99. The Morgan fingerprint density at radius 1 is 1.42 bits per heavy atom. The summed E-state index contributed by atoms with van der Waals surface area (Å²) in [5, 5.41) is 5.65. The van der Waals surface area contributed by atoms with E-state index < -0.39 is 17.6 Å². The van der Waals surface area contributed by atoms with Gasteiger partial charge in [0.05, 0.1) is 11.1 Å². The van der Waals surface area contributed by atoms with Crippen molar-refractivity contribution >= 4 is 21.8 Å². The number of hydrogen-bond donors (Lipinski definition) is 2. The Kier molecular flexibility index (Phi) is 4.15. The molecule has 1 aliphatic heterocycles. The second-order valence-electron chi connectivity index (χ2n) is 4.35. The molecule has 1 amide bonds. The van der Waals surface area contributed by atoms with Crippen LogP contribution in [0.3, 0.4) is 0 Å². The molecule has 0 unspecified atom stereocenters. The molecular formula is C12H12BrF3N2O. The van der Waals surface area contributed by atoms with Gasteiger partial charge in [0, 0.05) is 17.1 Å². The van der Waals surface area contributed by atoms with Gasteiger partial charge in [-0.3, -0.25) is 4.79 Å². The maximum absolute atomic E-state index is 12.9. The van der Waals surface area contributed by atoms with Crippen LogP contribution in [0.1, 0.15) is 22.3 Å². The van der Waals surface area contributed by atoms with Crippen LogP contribution in [0.5, 0.6) is 0 Å². The van der Waals surface area contributed by atoms with E-state index in [1.807, 2.05) is 0 Å². The van der Waals surface area contributed by atoms with Crippen LogP contribution in [0.4, 0.5) is 13.2 Å². The molecule has 19 heavy (non-hydrogen) atoms. The number of alkyl halides is 3. The zero-order chi connectivity index (χ0) is 14.0. The van der Waals surface area contributed by atoms with E-state index >= 15 is 0 Å².